The van der Waals surface area contributed by atoms with Crippen molar-refractivity contribution in [2.45, 2.75) is 45.9 Å². The maximum atomic E-state index is 12.4. The second kappa shape index (κ2) is 6.96. The molecular weight excluding hydrogens is 434 g/mol. The fourth-order valence-electron chi connectivity index (χ4n) is 5.91. The monoisotopic (exact) mass is 463 g/mol. The van der Waals surface area contributed by atoms with Gasteiger partial charge in [0.05, 0.1) is 22.5 Å². The highest BCUT2D eigenvalue weighted by atomic mass is 16.5. The summed E-state index contributed by atoms with van der Waals surface area (Å²) in [6.07, 6.45) is 5.67. The molecule has 1 spiro atoms. The van der Waals surface area contributed by atoms with Crippen molar-refractivity contribution in [2.75, 3.05) is 7.05 Å². The van der Waals surface area contributed by atoms with Crippen LogP contribution in [0.25, 0.3) is 0 Å². The number of hydrogen-bond donors (Lipinski definition) is 5. The molecule has 34 heavy (non-hydrogen) atoms. The van der Waals surface area contributed by atoms with Crippen LogP contribution in [0.1, 0.15) is 55.4 Å². The first-order valence-electron chi connectivity index (χ1n) is 11.2. The van der Waals surface area contributed by atoms with Gasteiger partial charge in [0.1, 0.15) is 5.75 Å². The van der Waals surface area contributed by atoms with E-state index in [4.69, 9.17) is 10.5 Å². The summed E-state index contributed by atoms with van der Waals surface area (Å²) in [4.78, 5) is 23.8. The molecule has 5 rings (SSSR count). The number of aliphatic hydroxyl groups excluding tert-OH is 1. The highest BCUT2D eigenvalue weighted by molar-refractivity contribution is 6.08. The van der Waals surface area contributed by atoms with Crippen molar-refractivity contribution in [3.63, 3.8) is 0 Å². The van der Waals surface area contributed by atoms with Crippen molar-refractivity contribution in [1.82, 2.24) is 16.1 Å². The Morgan fingerprint density at radius 2 is 2.03 bits per heavy atom. The fraction of sp³-hybridized carbons (Fsp3) is 0.400. The lowest BCUT2D eigenvalue weighted by molar-refractivity contribution is 0.00665. The number of nitrogens with zero attached hydrogens (tertiary/aromatic N) is 1. The molecule has 0 saturated carbocycles. The van der Waals surface area contributed by atoms with Crippen LogP contribution in [0.15, 0.2) is 52.3 Å². The number of primary amides is 1. The third-order valence-corrected chi connectivity index (χ3v) is 7.88. The van der Waals surface area contributed by atoms with Crippen LogP contribution in [0.2, 0.25) is 0 Å². The lowest BCUT2D eigenvalue weighted by Crippen LogP contribution is -2.63. The number of rotatable bonds is 2. The number of aliphatic hydroxyl groups is 1. The van der Waals surface area contributed by atoms with Gasteiger partial charge in [0, 0.05) is 17.9 Å². The molecular formula is C25H29N5O4. The third-order valence-electron chi connectivity index (χ3n) is 7.88. The fourth-order valence-corrected chi connectivity index (χ4v) is 5.91. The van der Waals surface area contributed by atoms with E-state index in [2.05, 4.69) is 41.1 Å². The second-order valence-electron chi connectivity index (χ2n) is 10.0. The number of hydrazone groups is 1. The first kappa shape index (κ1) is 22.2. The van der Waals surface area contributed by atoms with Crippen LogP contribution in [0.5, 0.6) is 5.75 Å². The summed E-state index contributed by atoms with van der Waals surface area (Å²) in [6, 6.07) is 2.92. The Balaban J connectivity index is 1.79. The van der Waals surface area contributed by atoms with Crippen molar-refractivity contribution >= 4 is 17.6 Å². The van der Waals surface area contributed by atoms with Gasteiger partial charge in [-0.25, -0.2) is 10.2 Å². The Morgan fingerprint density at radius 3 is 2.71 bits per heavy atom. The van der Waals surface area contributed by atoms with Gasteiger partial charge in [-0.05, 0) is 36.6 Å². The van der Waals surface area contributed by atoms with Gasteiger partial charge >= 0.3 is 6.03 Å². The summed E-state index contributed by atoms with van der Waals surface area (Å²) in [7, 11) is 1.79. The zero-order valence-corrected chi connectivity index (χ0v) is 19.9. The van der Waals surface area contributed by atoms with Gasteiger partial charge in [-0.1, -0.05) is 44.6 Å². The highest BCUT2D eigenvalue weighted by Crippen LogP contribution is 2.61. The van der Waals surface area contributed by atoms with Gasteiger partial charge < -0.3 is 26.2 Å². The van der Waals surface area contributed by atoms with E-state index in [1.54, 1.807) is 13.1 Å². The number of fused-ring (bicyclic) bond motifs is 3. The van der Waals surface area contributed by atoms with E-state index in [0.29, 0.717) is 34.7 Å². The van der Waals surface area contributed by atoms with Crippen molar-refractivity contribution < 1.29 is 19.4 Å². The van der Waals surface area contributed by atoms with Gasteiger partial charge in [0.2, 0.25) is 0 Å². The SMILES string of the molecule is CNC1=CC23Oc4c(ccc5c4C(O)NC5=O)CC2(C)C(C)=CC=C3C(C)(C)C1=NNC(N)=O. The molecule has 9 heteroatoms. The predicted octanol–water partition coefficient (Wildman–Crippen LogP) is 2.15. The van der Waals surface area contributed by atoms with Crippen molar-refractivity contribution in [3.05, 3.63) is 63.9 Å². The highest BCUT2D eigenvalue weighted by Gasteiger charge is 2.63. The van der Waals surface area contributed by atoms with Gasteiger partial charge in [0.25, 0.3) is 5.91 Å². The summed E-state index contributed by atoms with van der Waals surface area (Å²) in [6.45, 7) is 8.31. The zero-order valence-electron chi connectivity index (χ0n) is 19.9. The Hall–Kier alpha value is -3.59. The minimum Gasteiger partial charge on any atom is -0.477 e. The van der Waals surface area contributed by atoms with Crippen molar-refractivity contribution in [1.29, 1.82) is 0 Å². The topological polar surface area (TPSA) is 138 Å². The van der Waals surface area contributed by atoms with E-state index >= 15 is 0 Å². The van der Waals surface area contributed by atoms with E-state index in [-0.39, 0.29) is 5.91 Å². The number of benzene rings is 1. The van der Waals surface area contributed by atoms with Crippen LogP contribution < -0.4 is 26.5 Å². The second-order valence-corrected chi connectivity index (χ2v) is 10.0. The largest absolute Gasteiger partial charge is 0.477 e. The van der Waals surface area contributed by atoms with E-state index in [1.807, 2.05) is 32.1 Å². The van der Waals surface area contributed by atoms with Crippen molar-refractivity contribution in [2.24, 2.45) is 21.7 Å². The van der Waals surface area contributed by atoms with E-state index in [9.17, 15) is 14.7 Å². The summed E-state index contributed by atoms with van der Waals surface area (Å²) < 4.78 is 6.96. The van der Waals surface area contributed by atoms with Crippen LogP contribution in [-0.2, 0) is 6.42 Å². The Morgan fingerprint density at radius 1 is 1.29 bits per heavy atom. The molecule has 2 aliphatic carbocycles. The number of nitrogens with one attached hydrogen (secondary N) is 3. The summed E-state index contributed by atoms with van der Waals surface area (Å²) in [5.74, 6) is 0.206. The van der Waals surface area contributed by atoms with E-state index in [0.717, 1.165) is 16.7 Å². The minimum absolute atomic E-state index is 0.322. The smallest absolute Gasteiger partial charge is 0.332 e. The molecule has 1 aromatic carbocycles. The minimum atomic E-state index is -1.13. The molecule has 2 heterocycles. The van der Waals surface area contributed by atoms with Crippen molar-refractivity contribution in [3.8, 4) is 5.75 Å². The van der Waals surface area contributed by atoms with Crippen LogP contribution in [0.3, 0.4) is 0 Å². The van der Waals surface area contributed by atoms with Gasteiger partial charge in [-0.2, -0.15) is 5.10 Å². The number of carbonyl (C=O) groups is 2. The third kappa shape index (κ3) is 2.67. The molecule has 2 aliphatic heterocycles. The number of amides is 3. The molecule has 0 aromatic heterocycles. The molecule has 178 valence electrons. The van der Waals surface area contributed by atoms with Crippen LogP contribution in [-0.4, -0.2) is 35.4 Å². The van der Waals surface area contributed by atoms with Gasteiger partial charge in [-0.3, -0.25) is 4.79 Å². The number of ether oxygens (including phenoxy) is 1. The summed E-state index contributed by atoms with van der Waals surface area (Å²) in [5.41, 5.74) is 10.8. The molecule has 3 amide bonds. The van der Waals surface area contributed by atoms with Crippen LogP contribution >= 0.6 is 0 Å². The van der Waals surface area contributed by atoms with Gasteiger partial charge in [-0.15, -0.1) is 0 Å². The average molecular weight is 464 g/mol. The molecule has 3 atom stereocenters. The number of hydrogen-bond acceptors (Lipinski definition) is 6. The quantitative estimate of drug-likeness (QED) is 0.428. The lowest BCUT2D eigenvalue weighted by atomic mass is 9.51. The number of nitrogens with two attached hydrogens (primary N) is 1. The molecule has 1 aromatic rings. The molecule has 0 bridgehead atoms. The summed E-state index contributed by atoms with van der Waals surface area (Å²) in [5, 5.41) is 20.8. The van der Waals surface area contributed by atoms with Crippen LogP contribution in [0, 0.1) is 10.8 Å². The first-order valence-corrected chi connectivity index (χ1v) is 11.2. The Bertz CT molecular complexity index is 1270. The molecule has 3 unspecified atom stereocenters. The number of carbonyl (C=O) groups excluding carboxylic acids is 2. The number of allylic oxidation sites excluding steroid dienone is 3. The average Bonchev–Trinajstić information content (AvgIpc) is 3.05. The molecule has 6 N–H and O–H groups in total. The predicted molar refractivity (Wildman–Crippen MR) is 127 cm³/mol. The van der Waals surface area contributed by atoms with Gasteiger partial charge in [0.15, 0.2) is 11.8 Å². The van der Waals surface area contributed by atoms with E-state index in [1.165, 1.54) is 0 Å². The summed E-state index contributed by atoms with van der Waals surface area (Å²) >= 11 is 0. The molecule has 4 aliphatic rings. The molecule has 0 saturated heterocycles. The maximum absolute atomic E-state index is 12.4. The normalized spacial score (nSPS) is 31.5. The lowest BCUT2D eigenvalue weighted by Gasteiger charge is -2.59. The molecule has 0 radical (unpaired) electrons. The molecule has 0 fully saturated rings. The Labute approximate surface area is 197 Å². The maximum Gasteiger partial charge on any atom is 0.332 e. The molecule has 9 nitrogen and oxygen atoms in total. The Kier molecular flexibility index (Phi) is 4.55. The van der Waals surface area contributed by atoms with E-state index < -0.39 is 28.7 Å². The number of urea groups is 1. The first-order chi connectivity index (χ1) is 16.0. The zero-order chi connectivity index (χ0) is 24.6. The standard InChI is InChI=1S/C25H29N5O4/c1-12-6-9-16-23(2,3)19(29-30-22(26)33)15(27-5)11-25(16)24(12,4)10-13-7-8-14-17(18(13)34-25)21(32)28-20(14)31/h6-9,11,21,27,32H,10H2,1-5H3,(H,28,31)(H3,26,30,33). The van der Waals surface area contributed by atoms with Crippen LogP contribution in [0.4, 0.5) is 4.79 Å².